The molecule has 0 fully saturated rings. The van der Waals surface area contributed by atoms with E-state index in [1.807, 2.05) is 30.3 Å². The minimum Gasteiger partial charge on any atom is -0.262 e. The largest absolute Gasteiger partial charge is 0.262 e. The number of rotatable bonds is 5. The van der Waals surface area contributed by atoms with Crippen LogP contribution in [0.5, 0.6) is 0 Å². The van der Waals surface area contributed by atoms with Crippen LogP contribution < -0.4 is 4.72 Å². The van der Waals surface area contributed by atoms with Crippen molar-refractivity contribution in [3.05, 3.63) is 58.8 Å². The van der Waals surface area contributed by atoms with Gasteiger partial charge in [-0.3, -0.25) is 4.98 Å². The first kappa shape index (κ1) is 16.4. The maximum atomic E-state index is 12.5. The molecule has 0 aliphatic carbocycles. The van der Waals surface area contributed by atoms with E-state index in [9.17, 15) is 8.42 Å². The van der Waals surface area contributed by atoms with Crippen molar-refractivity contribution < 1.29 is 8.42 Å². The fourth-order valence-electron chi connectivity index (χ4n) is 1.86. The molecule has 112 valence electrons. The molecule has 1 aromatic heterocycles. The lowest BCUT2D eigenvalue weighted by Gasteiger charge is -2.28. The number of benzene rings is 1. The van der Waals surface area contributed by atoms with Crippen molar-refractivity contribution in [1.29, 1.82) is 0 Å². The van der Waals surface area contributed by atoms with Gasteiger partial charge in [-0.1, -0.05) is 30.3 Å². The Kier molecular flexibility index (Phi) is 5.03. The van der Waals surface area contributed by atoms with Crippen molar-refractivity contribution in [2.45, 2.75) is 17.4 Å². The second kappa shape index (κ2) is 6.44. The Bertz CT molecular complexity index is 725. The summed E-state index contributed by atoms with van der Waals surface area (Å²) in [6.07, 6.45) is 2.82. The van der Waals surface area contributed by atoms with Crippen molar-refractivity contribution in [2.75, 3.05) is 5.88 Å². The van der Waals surface area contributed by atoms with Crippen LogP contribution in [0.3, 0.4) is 0 Å². The average Bonchev–Trinajstić information content (AvgIpc) is 2.47. The monoisotopic (exact) mass is 388 g/mol. The van der Waals surface area contributed by atoms with Crippen LogP contribution in [-0.4, -0.2) is 19.3 Å². The summed E-state index contributed by atoms with van der Waals surface area (Å²) in [7, 11) is -3.73. The standard InChI is InChI=1S/C14H14BrClN2O2S/c1-14(10-16,11-5-3-2-4-6-11)18-21(19,20)13-7-12(15)8-17-9-13/h2-9,18H,10H2,1H3. The Balaban J connectivity index is 2.38. The van der Waals surface area contributed by atoms with E-state index < -0.39 is 15.6 Å². The minimum absolute atomic E-state index is 0.0872. The first-order valence-electron chi connectivity index (χ1n) is 6.13. The van der Waals surface area contributed by atoms with Gasteiger partial charge in [-0.2, -0.15) is 4.72 Å². The first-order chi connectivity index (χ1) is 9.87. The van der Waals surface area contributed by atoms with E-state index in [4.69, 9.17) is 11.6 Å². The number of sulfonamides is 1. The molecule has 2 aromatic rings. The lowest BCUT2D eigenvalue weighted by molar-refractivity contribution is 0.477. The zero-order valence-corrected chi connectivity index (χ0v) is 14.4. The third-order valence-corrected chi connectivity index (χ3v) is 5.56. The van der Waals surface area contributed by atoms with Gasteiger partial charge in [0.2, 0.25) is 10.0 Å². The van der Waals surface area contributed by atoms with Crippen molar-refractivity contribution in [1.82, 2.24) is 9.71 Å². The Morgan fingerprint density at radius 3 is 2.52 bits per heavy atom. The number of pyridine rings is 1. The summed E-state index contributed by atoms with van der Waals surface area (Å²) in [4.78, 5) is 3.97. The van der Waals surface area contributed by atoms with E-state index in [-0.39, 0.29) is 10.8 Å². The number of hydrogen-bond acceptors (Lipinski definition) is 3. The third kappa shape index (κ3) is 3.83. The molecule has 1 atom stereocenters. The zero-order valence-electron chi connectivity index (χ0n) is 11.3. The molecule has 0 aliphatic heterocycles. The van der Waals surface area contributed by atoms with Gasteiger partial charge >= 0.3 is 0 Å². The predicted octanol–water partition coefficient (Wildman–Crippen LogP) is 3.28. The fraction of sp³-hybridized carbons (Fsp3) is 0.214. The maximum absolute atomic E-state index is 12.5. The average molecular weight is 390 g/mol. The molecule has 0 saturated heterocycles. The number of nitrogens with one attached hydrogen (secondary N) is 1. The van der Waals surface area contributed by atoms with Gasteiger partial charge in [0.25, 0.3) is 0 Å². The Morgan fingerprint density at radius 1 is 1.29 bits per heavy atom. The highest BCUT2D eigenvalue weighted by Crippen LogP contribution is 2.25. The lowest BCUT2D eigenvalue weighted by Crippen LogP contribution is -2.44. The van der Waals surface area contributed by atoms with E-state index in [0.29, 0.717) is 4.47 Å². The highest BCUT2D eigenvalue weighted by atomic mass is 79.9. The third-order valence-electron chi connectivity index (χ3n) is 3.03. The molecule has 1 heterocycles. The van der Waals surface area contributed by atoms with Gasteiger partial charge in [-0.05, 0) is 34.5 Å². The molecule has 0 radical (unpaired) electrons. The fourth-order valence-corrected chi connectivity index (χ4v) is 4.06. The van der Waals surface area contributed by atoms with E-state index in [1.54, 1.807) is 6.92 Å². The molecular formula is C14H14BrClN2O2S. The summed E-state index contributed by atoms with van der Waals surface area (Å²) < 4.78 is 28.3. The summed E-state index contributed by atoms with van der Waals surface area (Å²) in [6.45, 7) is 1.75. The molecule has 0 saturated carbocycles. The summed E-state index contributed by atoms with van der Waals surface area (Å²) in [6, 6.07) is 10.7. The summed E-state index contributed by atoms with van der Waals surface area (Å²) >= 11 is 9.23. The summed E-state index contributed by atoms with van der Waals surface area (Å²) in [5.41, 5.74) is -0.101. The van der Waals surface area contributed by atoms with E-state index in [0.717, 1.165) is 5.56 Å². The number of hydrogen-bond donors (Lipinski definition) is 1. The quantitative estimate of drug-likeness (QED) is 0.798. The summed E-state index contributed by atoms with van der Waals surface area (Å²) in [5.74, 6) is 0.109. The van der Waals surface area contributed by atoms with Crippen LogP contribution in [-0.2, 0) is 15.6 Å². The molecule has 1 unspecified atom stereocenters. The summed E-state index contributed by atoms with van der Waals surface area (Å²) in [5, 5.41) is 0. The number of aromatic nitrogens is 1. The molecule has 2 rings (SSSR count). The molecule has 0 bridgehead atoms. The van der Waals surface area contributed by atoms with Gasteiger partial charge in [0.1, 0.15) is 4.90 Å². The highest BCUT2D eigenvalue weighted by Gasteiger charge is 2.31. The van der Waals surface area contributed by atoms with Crippen LogP contribution in [0.2, 0.25) is 0 Å². The van der Waals surface area contributed by atoms with Crippen LogP contribution in [0.25, 0.3) is 0 Å². The van der Waals surface area contributed by atoms with Gasteiger partial charge in [0, 0.05) is 22.7 Å². The first-order valence-corrected chi connectivity index (χ1v) is 8.94. The SMILES string of the molecule is CC(CCl)(NS(=O)(=O)c1cncc(Br)c1)c1ccccc1. The molecule has 0 amide bonds. The van der Waals surface area contributed by atoms with Gasteiger partial charge in [0.15, 0.2) is 0 Å². The van der Waals surface area contributed by atoms with Crippen LogP contribution in [0.4, 0.5) is 0 Å². The van der Waals surface area contributed by atoms with Crippen molar-refractivity contribution >= 4 is 37.6 Å². The zero-order chi connectivity index (χ0) is 15.5. The number of halogens is 2. The molecule has 1 aromatic carbocycles. The number of alkyl halides is 1. The van der Waals surface area contributed by atoms with E-state index in [1.165, 1.54) is 18.5 Å². The van der Waals surface area contributed by atoms with Crippen LogP contribution >= 0.6 is 27.5 Å². The predicted molar refractivity (Wildman–Crippen MR) is 86.8 cm³/mol. The molecular weight excluding hydrogens is 376 g/mol. The van der Waals surface area contributed by atoms with Crippen molar-refractivity contribution in [3.8, 4) is 0 Å². The van der Waals surface area contributed by atoms with Crippen molar-refractivity contribution in [3.63, 3.8) is 0 Å². The van der Waals surface area contributed by atoms with E-state index >= 15 is 0 Å². The second-order valence-corrected chi connectivity index (χ2v) is 7.64. The molecule has 1 N–H and O–H groups in total. The van der Waals surface area contributed by atoms with Crippen LogP contribution in [0.15, 0.2) is 58.2 Å². The van der Waals surface area contributed by atoms with Crippen LogP contribution in [0, 0.1) is 0 Å². The molecule has 0 spiro atoms. The Hall–Kier alpha value is -0.950. The molecule has 4 nitrogen and oxygen atoms in total. The lowest BCUT2D eigenvalue weighted by atomic mass is 9.96. The molecule has 7 heteroatoms. The normalized spacial score (nSPS) is 14.6. The maximum Gasteiger partial charge on any atom is 0.242 e. The van der Waals surface area contributed by atoms with E-state index in [2.05, 4.69) is 25.6 Å². The van der Waals surface area contributed by atoms with Gasteiger partial charge in [-0.25, -0.2) is 8.42 Å². The van der Waals surface area contributed by atoms with Gasteiger partial charge in [-0.15, -0.1) is 11.6 Å². The molecule has 0 aliphatic rings. The minimum atomic E-state index is -3.73. The highest BCUT2D eigenvalue weighted by molar-refractivity contribution is 9.10. The van der Waals surface area contributed by atoms with Crippen LogP contribution in [0.1, 0.15) is 12.5 Å². The Labute approximate surface area is 137 Å². The van der Waals surface area contributed by atoms with Gasteiger partial charge in [0.05, 0.1) is 5.54 Å². The topological polar surface area (TPSA) is 59.1 Å². The smallest absolute Gasteiger partial charge is 0.242 e. The van der Waals surface area contributed by atoms with Crippen molar-refractivity contribution in [2.24, 2.45) is 0 Å². The Morgan fingerprint density at radius 2 is 1.95 bits per heavy atom. The van der Waals surface area contributed by atoms with Gasteiger partial charge < -0.3 is 0 Å². The number of nitrogens with zero attached hydrogens (tertiary/aromatic N) is 1. The second-order valence-electron chi connectivity index (χ2n) is 4.78. The molecule has 21 heavy (non-hydrogen) atoms.